The molecule has 1 heterocycles. The van der Waals surface area contributed by atoms with Crippen LogP contribution < -0.4 is 5.32 Å². The third kappa shape index (κ3) is 5.28. The standard InChI is InChI=1S/C21H29F2N3O2/c22-18-8-7-16(15-19(18)23)21(28)26(17-5-3-1-2-4-6-17)12-9-20(27)25-13-10-24-11-14-25/h7-8,15,17,24H,1-6,9-14H2. The number of nitrogens with zero attached hydrogens (tertiary/aromatic N) is 2. The molecule has 2 aliphatic rings. The van der Waals surface area contributed by atoms with Gasteiger partial charge in [-0.1, -0.05) is 25.7 Å². The van der Waals surface area contributed by atoms with E-state index in [4.69, 9.17) is 0 Å². The van der Waals surface area contributed by atoms with Crippen LogP contribution in [-0.2, 0) is 4.79 Å². The number of nitrogens with one attached hydrogen (secondary N) is 1. The largest absolute Gasteiger partial charge is 0.340 e. The highest BCUT2D eigenvalue weighted by Gasteiger charge is 2.27. The van der Waals surface area contributed by atoms with Crippen LogP contribution in [0.2, 0.25) is 0 Å². The fraction of sp³-hybridized carbons (Fsp3) is 0.619. The van der Waals surface area contributed by atoms with E-state index in [1.807, 2.05) is 4.90 Å². The van der Waals surface area contributed by atoms with Crippen LogP contribution >= 0.6 is 0 Å². The Morgan fingerprint density at radius 2 is 1.71 bits per heavy atom. The molecule has 1 saturated heterocycles. The van der Waals surface area contributed by atoms with Gasteiger partial charge in [-0.25, -0.2) is 8.78 Å². The quantitative estimate of drug-likeness (QED) is 0.783. The molecule has 1 N–H and O–H groups in total. The first-order chi connectivity index (χ1) is 13.6. The van der Waals surface area contributed by atoms with Gasteiger partial charge in [0.05, 0.1) is 0 Å². The van der Waals surface area contributed by atoms with Crippen LogP contribution in [0.3, 0.4) is 0 Å². The summed E-state index contributed by atoms with van der Waals surface area (Å²) in [5.74, 6) is -2.27. The van der Waals surface area contributed by atoms with Crippen molar-refractivity contribution >= 4 is 11.8 Å². The minimum atomic E-state index is -1.02. The van der Waals surface area contributed by atoms with Crippen LogP contribution in [0.5, 0.6) is 0 Å². The van der Waals surface area contributed by atoms with Crippen LogP contribution in [0.1, 0.15) is 55.3 Å². The predicted molar refractivity (Wildman–Crippen MR) is 103 cm³/mol. The van der Waals surface area contributed by atoms with Crippen molar-refractivity contribution in [3.63, 3.8) is 0 Å². The summed E-state index contributed by atoms with van der Waals surface area (Å²) in [5, 5.41) is 3.22. The fourth-order valence-corrected chi connectivity index (χ4v) is 4.10. The number of rotatable bonds is 5. The fourth-order valence-electron chi connectivity index (χ4n) is 4.10. The topological polar surface area (TPSA) is 52.7 Å². The minimum absolute atomic E-state index is 0.0400. The second kappa shape index (κ2) is 9.96. The lowest BCUT2D eigenvalue weighted by atomic mass is 10.0. The SMILES string of the molecule is O=C(CCN(C(=O)c1ccc(F)c(F)c1)C1CCCCCC1)N1CCNCC1. The van der Waals surface area contributed by atoms with E-state index in [1.54, 1.807) is 4.90 Å². The molecule has 1 saturated carbocycles. The van der Waals surface area contributed by atoms with Crippen molar-refractivity contribution in [2.75, 3.05) is 32.7 Å². The highest BCUT2D eigenvalue weighted by molar-refractivity contribution is 5.94. The van der Waals surface area contributed by atoms with Crippen molar-refractivity contribution in [3.8, 4) is 0 Å². The van der Waals surface area contributed by atoms with Crippen molar-refractivity contribution in [2.24, 2.45) is 0 Å². The van der Waals surface area contributed by atoms with E-state index in [2.05, 4.69) is 5.32 Å². The van der Waals surface area contributed by atoms with Gasteiger partial charge in [-0.3, -0.25) is 9.59 Å². The zero-order chi connectivity index (χ0) is 19.9. The normalized spacial score (nSPS) is 18.6. The van der Waals surface area contributed by atoms with Gasteiger partial charge in [0.25, 0.3) is 5.91 Å². The molecule has 2 amide bonds. The highest BCUT2D eigenvalue weighted by Crippen LogP contribution is 2.24. The smallest absolute Gasteiger partial charge is 0.254 e. The summed E-state index contributed by atoms with van der Waals surface area (Å²) >= 11 is 0. The maximum atomic E-state index is 13.7. The van der Waals surface area contributed by atoms with Crippen molar-refractivity contribution < 1.29 is 18.4 Å². The van der Waals surface area contributed by atoms with Crippen molar-refractivity contribution in [1.82, 2.24) is 15.1 Å². The number of hydrogen-bond donors (Lipinski definition) is 1. The molecule has 0 radical (unpaired) electrons. The van der Waals surface area contributed by atoms with Crippen LogP contribution in [0.25, 0.3) is 0 Å². The number of benzene rings is 1. The maximum Gasteiger partial charge on any atom is 0.254 e. The van der Waals surface area contributed by atoms with Crippen LogP contribution in [0, 0.1) is 11.6 Å². The third-order valence-electron chi connectivity index (χ3n) is 5.73. The van der Waals surface area contributed by atoms with Gasteiger partial charge in [0.2, 0.25) is 5.91 Å². The average Bonchev–Trinajstić information content (AvgIpc) is 3.00. The first-order valence-corrected chi connectivity index (χ1v) is 10.3. The summed E-state index contributed by atoms with van der Waals surface area (Å²) in [6.45, 7) is 3.24. The third-order valence-corrected chi connectivity index (χ3v) is 5.73. The molecule has 1 aliphatic carbocycles. The number of halogens is 2. The van der Waals surface area contributed by atoms with Gasteiger partial charge in [-0.15, -0.1) is 0 Å². The highest BCUT2D eigenvalue weighted by atomic mass is 19.2. The first kappa shape index (κ1) is 20.7. The van der Waals surface area contributed by atoms with E-state index in [1.165, 1.54) is 6.07 Å². The van der Waals surface area contributed by atoms with Crippen LogP contribution in [0.15, 0.2) is 18.2 Å². The Kier molecular flexibility index (Phi) is 7.36. The second-order valence-corrected chi connectivity index (χ2v) is 7.65. The number of amides is 2. The molecule has 2 fully saturated rings. The van der Waals surface area contributed by atoms with Crippen LogP contribution in [0.4, 0.5) is 8.78 Å². The molecule has 1 aliphatic heterocycles. The zero-order valence-corrected chi connectivity index (χ0v) is 16.3. The van der Waals surface area contributed by atoms with Crippen molar-refractivity contribution in [3.05, 3.63) is 35.4 Å². The second-order valence-electron chi connectivity index (χ2n) is 7.65. The van der Waals surface area contributed by atoms with E-state index >= 15 is 0 Å². The van der Waals surface area contributed by atoms with E-state index < -0.39 is 11.6 Å². The Bertz CT molecular complexity index is 684. The molecule has 154 valence electrons. The minimum Gasteiger partial charge on any atom is -0.340 e. The lowest BCUT2D eigenvalue weighted by Gasteiger charge is -2.33. The Balaban J connectivity index is 1.72. The Labute approximate surface area is 165 Å². The summed E-state index contributed by atoms with van der Waals surface area (Å²) in [5.41, 5.74) is 0.137. The van der Waals surface area contributed by atoms with E-state index in [0.29, 0.717) is 19.6 Å². The first-order valence-electron chi connectivity index (χ1n) is 10.3. The van der Waals surface area contributed by atoms with Crippen LogP contribution in [-0.4, -0.2) is 60.4 Å². The molecule has 7 heteroatoms. The summed E-state index contributed by atoms with van der Waals surface area (Å²) in [4.78, 5) is 29.2. The van der Waals surface area contributed by atoms with Gasteiger partial charge in [0, 0.05) is 50.7 Å². The zero-order valence-electron chi connectivity index (χ0n) is 16.3. The van der Waals surface area contributed by atoms with Gasteiger partial charge in [0.1, 0.15) is 0 Å². The number of piperazine rings is 1. The van der Waals surface area contributed by atoms with Crippen molar-refractivity contribution in [1.29, 1.82) is 0 Å². The molecule has 5 nitrogen and oxygen atoms in total. The van der Waals surface area contributed by atoms with Gasteiger partial charge < -0.3 is 15.1 Å². The lowest BCUT2D eigenvalue weighted by molar-refractivity contribution is -0.132. The van der Waals surface area contributed by atoms with Gasteiger partial charge in [-0.05, 0) is 31.0 Å². The molecule has 0 unspecified atom stereocenters. The maximum absolute atomic E-state index is 13.7. The average molecular weight is 393 g/mol. The van der Waals surface area contributed by atoms with E-state index in [0.717, 1.165) is 63.7 Å². The molecular formula is C21H29F2N3O2. The molecule has 1 aromatic carbocycles. The predicted octanol–water partition coefficient (Wildman–Crippen LogP) is 2.95. The Hall–Kier alpha value is -2.02. The van der Waals surface area contributed by atoms with Gasteiger partial charge in [-0.2, -0.15) is 0 Å². The number of carbonyl (C=O) groups excluding carboxylic acids is 2. The monoisotopic (exact) mass is 393 g/mol. The van der Waals surface area contributed by atoms with E-state index in [9.17, 15) is 18.4 Å². The molecule has 0 spiro atoms. The molecule has 3 rings (SSSR count). The molecule has 0 bridgehead atoms. The Morgan fingerprint density at radius 1 is 1.04 bits per heavy atom. The molecule has 28 heavy (non-hydrogen) atoms. The summed E-state index contributed by atoms with van der Waals surface area (Å²) < 4.78 is 26.9. The molecular weight excluding hydrogens is 364 g/mol. The molecule has 0 aromatic heterocycles. The number of carbonyl (C=O) groups is 2. The molecule has 1 aromatic rings. The summed E-state index contributed by atoms with van der Waals surface area (Å²) in [6.07, 6.45) is 6.39. The van der Waals surface area contributed by atoms with E-state index in [-0.39, 0.29) is 29.8 Å². The van der Waals surface area contributed by atoms with Gasteiger partial charge in [0.15, 0.2) is 11.6 Å². The van der Waals surface area contributed by atoms with Crippen molar-refractivity contribution in [2.45, 2.75) is 51.0 Å². The molecule has 0 atom stereocenters. The summed E-state index contributed by atoms with van der Waals surface area (Å²) in [7, 11) is 0. The number of hydrogen-bond acceptors (Lipinski definition) is 3. The summed E-state index contributed by atoms with van der Waals surface area (Å²) in [6, 6.07) is 3.31. The Morgan fingerprint density at radius 3 is 2.36 bits per heavy atom. The van der Waals surface area contributed by atoms with Gasteiger partial charge >= 0.3 is 0 Å². The lowest BCUT2D eigenvalue weighted by Crippen LogP contribution is -2.48.